The van der Waals surface area contributed by atoms with Gasteiger partial charge in [-0.15, -0.1) is 0 Å². The molecular weight excluding hydrogens is 338 g/mol. The first-order chi connectivity index (χ1) is 8.99. The second-order valence-electron chi connectivity index (χ2n) is 4.09. The molecule has 19 heavy (non-hydrogen) atoms. The standard InChI is InChI=1S/C14H10BrClF2O/c15-10-5-4-8(6-13(10)18)14(19)7-9-11(16)2-1-3-12(9)17/h1-6,14,19H,7H2. The van der Waals surface area contributed by atoms with Crippen molar-refractivity contribution in [3.8, 4) is 0 Å². The van der Waals surface area contributed by atoms with E-state index in [0.717, 1.165) is 0 Å². The Balaban J connectivity index is 2.25. The van der Waals surface area contributed by atoms with E-state index in [4.69, 9.17) is 11.6 Å². The molecule has 0 saturated carbocycles. The van der Waals surface area contributed by atoms with Crippen molar-refractivity contribution in [3.05, 3.63) is 68.7 Å². The Morgan fingerprint density at radius 1 is 1.16 bits per heavy atom. The van der Waals surface area contributed by atoms with Gasteiger partial charge in [0.25, 0.3) is 0 Å². The monoisotopic (exact) mass is 346 g/mol. The van der Waals surface area contributed by atoms with Crippen molar-refractivity contribution in [2.45, 2.75) is 12.5 Å². The molecule has 5 heteroatoms. The van der Waals surface area contributed by atoms with Crippen molar-refractivity contribution < 1.29 is 13.9 Å². The molecule has 0 aliphatic rings. The normalized spacial score (nSPS) is 12.5. The molecule has 2 rings (SSSR count). The van der Waals surface area contributed by atoms with Crippen LogP contribution in [0.4, 0.5) is 8.78 Å². The van der Waals surface area contributed by atoms with Gasteiger partial charge in [-0.05, 0) is 45.8 Å². The highest BCUT2D eigenvalue weighted by Gasteiger charge is 2.15. The molecule has 0 aliphatic heterocycles. The van der Waals surface area contributed by atoms with Gasteiger partial charge in [0.1, 0.15) is 11.6 Å². The third kappa shape index (κ3) is 3.32. The van der Waals surface area contributed by atoms with E-state index in [1.54, 1.807) is 12.1 Å². The van der Waals surface area contributed by atoms with Gasteiger partial charge in [-0.1, -0.05) is 23.7 Å². The van der Waals surface area contributed by atoms with Crippen molar-refractivity contribution >= 4 is 27.5 Å². The highest BCUT2D eigenvalue weighted by Crippen LogP contribution is 2.27. The summed E-state index contributed by atoms with van der Waals surface area (Å²) < 4.78 is 27.3. The number of benzene rings is 2. The molecule has 100 valence electrons. The van der Waals surface area contributed by atoms with Gasteiger partial charge in [-0.3, -0.25) is 0 Å². The van der Waals surface area contributed by atoms with Crippen molar-refractivity contribution in [2.24, 2.45) is 0 Å². The summed E-state index contributed by atoms with van der Waals surface area (Å²) in [6.45, 7) is 0. The molecule has 0 radical (unpaired) electrons. The van der Waals surface area contributed by atoms with Crippen molar-refractivity contribution in [1.29, 1.82) is 0 Å². The Morgan fingerprint density at radius 3 is 2.53 bits per heavy atom. The summed E-state index contributed by atoms with van der Waals surface area (Å²) in [4.78, 5) is 0. The van der Waals surface area contributed by atoms with E-state index < -0.39 is 17.7 Å². The van der Waals surface area contributed by atoms with Crippen LogP contribution >= 0.6 is 27.5 Å². The van der Waals surface area contributed by atoms with Crippen molar-refractivity contribution in [2.75, 3.05) is 0 Å². The molecule has 0 heterocycles. The number of hydrogen-bond donors (Lipinski definition) is 1. The first-order valence-electron chi connectivity index (χ1n) is 5.55. The van der Waals surface area contributed by atoms with Crippen LogP contribution in [0.3, 0.4) is 0 Å². The van der Waals surface area contributed by atoms with Crippen LogP contribution in [0.1, 0.15) is 17.2 Å². The lowest BCUT2D eigenvalue weighted by atomic mass is 10.0. The molecule has 1 atom stereocenters. The first-order valence-corrected chi connectivity index (χ1v) is 6.72. The fraction of sp³-hybridized carbons (Fsp3) is 0.143. The van der Waals surface area contributed by atoms with Crippen LogP contribution in [0.25, 0.3) is 0 Å². The summed E-state index contributed by atoms with van der Waals surface area (Å²) >= 11 is 8.92. The zero-order valence-corrected chi connectivity index (χ0v) is 12.0. The molecule has 0 spiro atoms. The average Bonchev–Trinajstić information content (AvgIpc) is 2.37. The van der Waals surface area contributed by atoms with E-state index in [-0.39, 0.29) is 17.0 Å². The summed E-state index contributed by atoms with van der Waals surface area (Å²) in [5.41, 5.74) is 0.597. The zero-order valence-electron chi connectivity index (χ0n) is 9.71. The summed E-state index contributed by atoms with van der Waals surface area (Å²) in [5.74, 6) is -0.958. The second-order valence-corrected chi connectivity index (χ2v) is 5.36. The first kappa shape index (κ1) is 14.4. The maximum atomic E-state index is 13.6. The zero-order chi connectivity index (χ0) is 14.0. The van der Waals surface area contributed by atoms with Gasteiger partial charge in [-0.2, -0.15) is 0 Å². The molecule has 1 nitrogen and oxygen atoms in total. The molecule has 0 saturated heterocycles. The predicted octanol–water partition coefficient (Wildman–Crippen LogP) is 4.66. The van der Waals surface area contributed by atoms with Crippen LogP contribution in [-0.2, 0) is 6.42 Å². The maximum Gasteiger partial charge on any atom is 0.137 e. The van der Waals surface area contributed by atoms with Crippen LogP contribution in [0.5, 0.6) is 0 Å². The fourth-order valence-electron chi connectivity index (χ4n) is 1.76. The third-order valence-electron chi connectivity index (χ3n) is 2.79. The van der Waals surface area contributed by atoms with Crippen LogP contribution in [0.2, 0.25) is 5.02 Å². The van der Waals surface area contributed by atoms with Crippen LogP contribution < -0.4 is 0 Å². The number of halogens is 4. The third-order valence-corrected chi connectivity index (χ3v) is 3.78. The quantitative estimate of drug-likeness (QED) is 0.856. The molecule has 1 unspecified atom stereocenters. The Hall–Kier alpha value is -0.970. The van der Waals surface area contributed by atoms with Crippen molar-refractivity contribution in [1.82, 2.24) is 0 Å². The van der Waals surface area contributed by atoms with E-state index in [2.05, 4.69) is 15.9 Å². The molecule has 2 aromatic rings. The molecule has 1 N–H and O–H groups in total. The fourth-order valence-corrected chi connectivity index (χ4v) is 2.24. The van der Waals surface area contributed by atoms with E-state index in [1.807, 2.05) is 0 Å². The van der Waals surface area contributed by atoms with Crippen LogP contribution in [0, 0.1) is 11.6 Å². The predicted molar refractivity (Wildman–Crippen MR) is 74.2 cm³/mol. The molecule has 0 aromatic heterocycles. The van der Waals surface area contributed by atoms with Crippen molar-refractivity contribution in [3.63, 3.8) is 0 Å². The van der Waals surface area contributed by atoms with E-state index in [0.29, 0.717) is 10.0 Å². The van der Waals surface area contributed by atoms with Gasteiger partial charge in [0, 0.05) is 17.0 Å². The van der Waals surface area contributed by atoms with E-state index in [1.165, 1.54) is 24.3 Å². The summed E-state index contributed by atoms with van der Waals surface area (Å²) in [5, 5.41) is 10.3. The second kappa shape index (κ2) is 5.99. The largest absolute Gasteiger partial charge is 0.388 e. The minimum atomic E-state index is -1.02. The van der Waals surface area contributed by atoms with Crippen LogP contribution in [0.15, 0.2) is 40.9 Å². The molecule has 2 aromatic carbocycles. The molecule has 0 fully saturated rings. The van der Waals surface area contributed by atoms with E-state index >= 15 is 0 Å². The molecule has 0 aliphatic carbocycles. The highest BCUT2D eigenvalue weighted by atomic mass is 79.9. The SMILES string of the molecule is OC(Cc1c(F)cccc1Cl)c1ccc(Br)c(F)c1. The van der Waals surface area contributed by atoms with Gasteiger partial charge in [0.05, 0.1) is 10.6 Å². The Kier molecular flexibility index (Phi) is 4.55. The molecule has 0 amide bonds. The van der Waals surface area contributed by atoms with Crippen LogP contribution in [-0.4, -0.2) is 5.11 Å². The summed E-state index contributed by atoms with van der Waals surface area (Å²) in [7, 11) is 0. The smallest absolute Gasteiger partial charge is 0.137 e. The number of aliphatic hydroxyl groups is 1. The summed E-state index contributed by atoms with van der Waals surface area (Å²) in [6, 6.07) is 8.60. The highest BCUT2D eigenvalue weighted by molar-refractivity contribution is 9.10. The lowest BCUT2D eigenvalue weighted by Crippen LogP contribution is -2.04. The molecular formula is C14H10BrClF2O. The lowest BCUT2D eigenvalue weighted by Gasteiger charge is -2.13. The Labute approximate surface area is 123 Å². The van der Waals surface area contributed by atoms with E-state index in [9.17, 15) is 13.9 Å². The summed E-state index contributed by atoms with van der Waals surface area (Å²) in [6.07, 6.45) is -1.02. The Bertz CT molecular complexity index is 584. The van der Waals surface area contributed by atoms with Gasteiger partial charge >= 0.3 is 0 Å². The van der Waals surface area contributed by atoms with Gasteiger partial charge in [0.15, 0.2) is 0 Å². The Morgan fingerprint density at radius 2 is 1.89 bits per heavy atom. The maximum absolute atomic E-state index is 13.6. The average molecular weight is 348 g/mol. The number of aliphatic hydroxyl groups excluding tert-OH is 1. The molecule has 0 bridgehead atoms. The minimum absolute atomic E-state index is 0.00736. The van der Waals surface area contributed by atoms with Gasteiger partial charge in [-0.25, -0.2) is 8.78 Å². The topological polar surface area (TPSA) is 20.2 Å². The van der Waals surface area contributed by atoms with Gasteiger partial charge < -0.3 is 5.11 Å². The minimum Gasteiger partial charge on any atom is -0.388 e. The number of rotatable bonds is 3. The number of hydrogen-bond acceptors (Lipinski definition) is 1. The van der Waals surface area contributed by atoms with Gasteiger partial charge in [0.2, 0.25) is 0 Å². The lowest BCUT2D eigenvalue weighted by molar-refractivity contribution is 0.176.